The molecule has 0 bridgehead atoms. The van der Waals surface area contributed by atoms with Crippen LogP contribution in [0.4, 0.5) is 34.6 Å². The Morgan fingerprint density at radius 1 is 1.26 bits per heavy atom. The molecule has 0 radical (unpaired) electrons. The van der Waals surface area contributed by atoms with Gasteiger partial charge in [-0.25, -0.2) is 18.1 Å². The van der Waals surface area contributed by atoms with Crippen LogP contribution in [0.25, 0.3) is 0 Å². The van der Waals surface area contributed by atoms with Crippen LogP contribution in [-0.2, 0) is 4.79 Å². The molecule has 0 aromatic heterocycles. The number of alkyl halides is 2. The second-order valence-electron chi connectivity index (χ2n) is 5.87. The van der Waals surface area contributed by atoms with E-state index in [9.17, 15) is 22.4 Å². The topological polar surface area (TPSA) is 51.2 Å². The van der Waals surface area contributed by atoms with Gasteiger partial charge < -0.3 is 10.2 Å². The van der Waals surface area contributed by atoms with Crippen LogP contribution in [0.2, 0.25) is 0 Å². The van der Waals surface area contributed by atoms with E-state index in [1.54, 1.807) is 6.07 Å². The number of aliphatic imine (C=N–C) groups is 1. The first-order valence-corrected chi connectivity index (χ1v) is 8.03. The number of hydrogen-bond donors (Lipinski definition) is 1. The van der Waals surface area contributed by atoms with Crippen molar-refractivity contribution in [1.82, 2.24) is 4.90 Å². The lowest BCUT2D eigenvalue weighted by atomic mass is 10.1. The van der Waals surface area contributed by atoms with Crippen molar-refractivity contribution in [2.24, 2.45) is 4.99 Å². The zero-order valence-electron chi connectivity index (χ0n) is 14.5. The Morgan fingerprint density at radius 2 is 1.96 bits per heavy atom. The van der Waals surface area contributed by atoms with Gasteiger partial charge in [0.25, 0.3) is 5.91 Å². The summed E-state index contributed by atoms with van der Waals surface area (Å²) in [6.07, 6.45) is 0.851. The summed E-state index contributed by atoms with van der Waals surface area (Å²) in [4.78, 5) is 20.7. The maximum atomic E-state index is 14.7. The van der Waals surface area contributed by atoms with Crippen molar-refractivity contribution in [3.05, 3.63) is 42.3 Å². The Hall–Kier alpha value is -3.04. The van der Waals surface area contributed by atoms with Gasteiger partial charge >= 0.3 is 0 Å². The lowest BCUT2D eigenvalue weighted by molar-refractivity contribution is -0.113. The van der Waals surface area contributed by atoms with Gasteiger partial charge in [0.1, 0.15) is 5.82 Å². The van der Waals surface area contributed by atoms with E-state index in [4.69, 9.17) is 0 Å². The van der Waals surface area contributed by atoms with Crippen LogP contribution >= 0.6 is 0 Å². The molecule has 6 nitrogen and oxygen atoms in total. The minimum atomic E-state index is -1.75. The average molecular weight is 383 g/mol. The van der Waals surface area contributed by atoms with Gasteiger partial charge in [-0.2, -0.15) is 4.39 Å². The van der Waals surface area contributed by atoms with Gasteiger partial charge in [-0.05, 0) is 6.07 Å². The Balaban J connectivity index is 0.000000659. The van der Waals surface area contributed by atoms with E-state index in [1.807, 2.05) is 11.9 Å². The number of hydrogen-bond acceptors (Lipinski definition) is 5. The maximum Gasteiger partial charge on any atom is 0.262 e. The Bertz CT molecular complexity index is 854. The number of rotatable bonds is 1. The third kappa shape index (κ3) is 3.22. The standard InChI is InChI=1S/C16H15F2N5O.CH2F2/c1-9-8-20-11-5-10(17)12(6-13(11)21(9)2)23-15(24)7-14(18)22-4-3-19-16(22)23;2-1-3/h5-7,20H,1,3-4,8H2,2H3;1H2. The van der Waals surface area contributed by atoms with E-state index in [-0.39, 0.29) is 11.6 Å². The number of fused-ring (bicyclic) bond motifs is 2. The number of guanidine groups is 1. The van der Waals surface area contributed by atoms with Crippen LogP contribution in [-0.4, -0.2) is 50.4 Å². The molecule has 0 spiro atoms. The highest BCUT2D eigenvalue weighted by Crippen LogP contribution is 2.38. The molecule has 0 aliphatic carbocycles. The third-order valence-electron chi connectivity index (χ3n) is 4.36. The van der Waals surface area contributed by atoms with Crippen LogP contribution in [0.15, 0.2) is 41.4 Å². The van der Waals surface area contributed by atoms with Crippen molar-refractivity contribution >= 4 is 28.9 Å². The van der Waals surface area contributed by atoms with Crippen molar-refractivity contribution in [2.45, 2.75) is 0 Å². The summed E-state index contributed by atoms with van der Waals surface area (Å²) in [5, 5.41) is 3.08. The second kappa shape index (κ2) is 7.29. The number of nitrogens with one attached hydrogen (secondary N) is 1. The molecule has 3 heterocycles. The third-order valence-corrected chi connectivity index (χ3v) is 4.36. The number of benzene rings is 1. The first-order valence-electron chi connectivity index (χ1n) is 8.03. The largest absolute Gasteiger partial charge is 0.378 e. The normalized spacial score (nSPS) is 18.2. The highest BCUT2D eigenvalue weighted by Gasteiger charge is 2.37. The Labute approximate surface area is 153 Å². The van der Waals surface area contributed by atoms with E-state index in [0.29, 0.717) is 31.0 Å². The zero-order chi connectivity index (χ0) is 19.7. The molecule has 144 valence electrons. The first-order chi connectivity index (χ1) is 12.9. The number of halogens is 4. The number of likely N-dealkylation sites (N-methyl/N-ethyl adjacent to an activating group) is 1. The molecule has 1 amide bonds. The Morgan fingerprint density at radius 3 is 2.67 bits per heavy atom. The molecule has 0 atom stereocenters. The van der Waals surface area contributed by atoms with Crippen molar-refractivity contribution in [1.29, 1.82) is 0 Å². The van der Waals surface area contributed by atoms with Crippen LogP contribution in [0, 0.1) is 5.82 Å². The number of anilines is 3. The monoisotopic (exact) mass is 383 g/mol. The fourth-order valence-corrected chi connectivity index (χ4v) is 3.03. The van der Waals surface area contributed by atoms with Crippen molar-refractivity contribution in [2.75, 3.05) is 48.7 Å². The van der Waals surface area contributed by atoms with E-state index >= 15 is 0 Å². The Kier molecular flexibility index (Phi) is 5.06. The predicted molar refractivity (Wildman–Crippen MR) is 95.2 cm³/mol. The summed E-state index contributed by atoms with van der Waals surface area (Å²) in [5.41, 5.74) is 2.16. The summed E-state index contributed by atoms with van der Waals surface area (Å²) in [5.74, 6) is -1.80. The number of carbonyl (C=O) groups excluding carboxylic acids is 1. The summed E-state index contributed by atoms with van der Waals surface area (Å²) in [6.45, 7) is 3.38. The summed E-state index contributed by atoms with van der Waals surface area (Å²) < 4.78 is 47.8. The van der Waals surface area contributed by atoms with Crippen molar-refractivity contribution < 1.29 is 22.4 Å². The SMILES string of the molecule is C=C1CNc2cc(F)c(N3C(=O)C=C(F)N4CCN=C43)cc2N1C.FCF. The molecule has 1 aromatic rings. The van der Waals surface area contributed by atoms with Crippen molar-refractivity contribution in [3.8, 4) is 0 Å². The quantitative estimate of drug-likeness (QED) is 0.599. The number of carbonyl (C=O) groups is 1. The molecular formula is C17H17F4N5O. The van der Waals surface area contributed by atoms with Gasteiger partial charge in [0.05, 0.1) is 36.2 Å². The number of nitrogens with zero attached hydrogens (tertiary/aromatic N) is 4. The van der Waals surface area contributed by atoms with E-state index in [0.717, 1.165) is 16.7 Å². The summed E-state index contributed by atoms with van der Waals surface area (Å²) in [6, 6.07) is 2.88. The van der Waals surface area contributed by atoms with E-state index < -0.39 is 24.6 Å². The van der Waals surface area contributed by atoms with Crippen LogP contribution in [0.3, 0.4) is 0 Å². The molecule has 0 fully saturated rings. The van der Waals surface area contributed by atoms with Gasteiger partial charge in [0.2, 0.25) is 18.8 Å². The second-order valence-corrected chi connectivity index (χ2v) is 5.87. The summed E-state index contributed by atoms with van der Waals surface area (Å²) in [7, 11) is 1.82. The maximum absolute atomic E-state index is 14.7. The zero-order valence-corrected chi connectivity index (χ0v) is 14.5. The number of amides is 1. The fourth-order valence-electron chi connectivity index (χ4n) is 3.03. The van der Waals surface area contributed by atoms with Crippen molar-refractivity contribution in [3.63, 3.8) is 0 Å². The van der Waals surface area contributed by atoms with Gasteiger partial charge in [0, 0.05) is 25.4 Å². The summed E-state index contributed by atoms with van der Waals surface area (Å²) >= 11 is 0. The van der Waals surface area contributed by atoms with Gasteiger partial charge in [0.15, 0.2) is 0 Å². The van der Waals surface area contributed by atoms with Gasteiger partial charge in [-0.1, -0.05) is 6.58 Å². The lowest BCUT2D eigenvalue weighted by Crippen LogP contribution is -2.48. The molecule has 27 heavy (non-hydrogen) atoms. The first kappa shape index (κ1) is 18.7. The molecule has 1 aromatic carbocycles. The average Bonchev–Trinajstić information content (AvgIpc) is 3.10. The van der Waals surface area contributed by atoms with Crippen LogP contribution < -0.4 is 15.1 Å². The van der Waals surface area contributed by atoms with Crippen LogP contribution in [0.5, 0.6) is 0 Å². The van der Waals surface area contributed by atoms with Gasteiger partial charge in [-0.3, -0.25) is 14.7 Å². The molecule has 3 aliphatic heterocycles. The van der Waals surface area contributed by atoms with E-state index in [1.165, 1.54) is 11.0 Å². The molecule has 3 aliphatic rings. The molecule has 1 N–H and O–H groups in total. The molecule has 0 unspecified atom stereocenters. The highest BCUT2D eigenvalue weighted by molar-refractivity contribution is 6.22. The fraction of sp³-hybridized carbons (Fsp3) is 0.294. The minimum absolute atomic E-state index is 0.0384. The molecule has 0 saturated heterocycles. The lowest BCUT2D eigenvalue weighted by Gasteiger charge is -2.34. The smallest absolute Gasteiger partial charge is 0.262 e. The molecule has 10 heteroatoms. The van der Waals surface area contributed by atoms with Gasteiger partial charge in [-0.15, -0.1) is 0 Å². The predicted octanol–water partition coefficient (Wildman–Crippen LogP) is 2.91. The molecule has 4 rings (SSSR count). The molecular weight excluding hydrogens is 366 g/mol. The molecule has 0 saturated carbocycles. The highest BCUT2D eigenvalue weighted by atomic mass is 19.3. The van der Waals surface area contributed by atoms with E-state index in [2.05, 4.69) is 16.9 Å². The van der Waals surface area contributed by atoms with Crippen LogP contribution in [0.1, 0.15) is 0 Å². The minimum Gasteiger partial charge on any atom is -0.378 e.